The second-order valence-electron chi connectivity index (χ2n) is 4.98. The van der Waals surface area contributed by atoms with Crippen molar-refractivity contribution >= 4 is 26.3 Å². The van der Waals surface area contributed by atoms with Crippen molar-refractivity contribution in [3.63, 3.8) is 0 Å². The Balaban J connectivity index is 2.87. The van der Waals surface area contributed by atoms with Crippen LogP contribution in [-0.2, 0) is 24.4 Å². The minimum Gasteiger partial charge on any atom is -0.491 e. The van der Waals surface area contributed by atoms with Gasteiger partial charge in [0.1, 0.15) is 19.0 Å². The highest BCUT2D eigenvalue weighted by Gasteiger charge is 2.82. The molecule has 0 spiro atoms. The van der Waals surface area contributed by atoms with Crippen molar-refractivity contribution in [2.45, 2.75) is 16.4 Å². The summed E-state index contributed by atoms with van der Waals surface area (Å²) in [5, 5.41) is -13.5. The lowest BCUT2D eigenvalue weighted by atomic mass is 10.2. The van der Waals surface area contributed by atoms with Gasteiger partial charge in [0.05, 0.1) is 0 Å². The van der Waals surface area contributed by atoms with Crippen LogP contribution in [0.4, 0.5) is 26.3 Å². The molecule has 7 nitrogen and oxygen atoms in total. The molecule has 0 heterocycles. The molecule has 0 saturated heterocycles. The summed E-state index contributed by atoms with van der Waals surface area (Å²) >= 11 is 0. The maximum atomic E-state index is 13.5. The molecular formula is C13H12F6O7S2. The van der Waals surface area contributed by atoms with E-state index >= 15 is 0 Å². The minimum absolute atomic E-state index is 0.0987. The monoisotopic (exact) mass is 458 g/mol. The van der Waals surface area contributed by atoms with Crippen LogP contribution in [-0.4, -0.2) is 51.0 Å². The van der Waals surface area contributed by atoms with E-state index in [1.54, 1.807) is 0 Å². The van der Waals surface area contributed by atoms with E-state index in [9.17, 15) is 43.2 Å². The van der Waals surface area contributed by atoms with E-state index in [2.05, 4.69) is 10.8 Å². The number of halogens is 6. The summed E-state index contributed by atoms with van der Waals surface area (Å²) in [6.07, 6.45) is 1.48. The van der Waals surface area contributed by atoms with Crippen LogP contribution >= 0.6 is 0 Å². The maximum absolute atomic E-state index is 13.5. The maximum Gasteiger partial charge on any atom is 0.439 e. The first-order valence-electron chi connectivity index (χ1n) is 6.86. The number of benzene rings is 1. The van der Waals surface area contributed by atoms with Crippen LogP contribution in [0.3, 0.4) is 0 Å². The molecule has 0 atom stereocenters. The minimum atomic E-state index is -7.09. The largest absolute Gasteiger partial charge is 0.491 e. The molecular weight excluding hydrogens is 446 g/mol. The molecule has 15 heteroatoms. The van der Waals surface area contributed by atoms with Crippen molar-refractivity contribution in [1.82, 2.24) is 0 Å². The summed E-state index contributed by atoms with van der Waals surface area (Å²) in [6.45, 7) is 1.40. The number of hydrogen-bond donors (Lipinski definition) is 1. The second kappa shape index (κ2) is 7.88. The third-order valence-corrected chi connectivity index (χ3v) is 5.34. The molecule has 28 heavy (non-hydrogen) atoms. The van der Waals surface area contributed by atoms with Gasteiger partial charge < -0.3 is 4.74 Å². The van der Waals surface area contributed by atoms with Gasteiger partial charge in [0, 0.05) is 0 Å². The average molecular weight is 458 g/mol. The normalized spacial score (nSPS) is 14.0. The standard InChI is InChI=1S/C13H12F6O7S2/c1-2-9-3-5-10(6-4-9)25-7-8-26-28(23,24)13(18,19)11(14,15)12(16,17)27(20,21)22/h2-6H,1,7-8H2,(H,20,21,22). The van der Waals surface area contributed by atoms with Crippen LogP contribution in [0, 0.1) is 0 Å². The number of hydrogen-bond acceptors (Lipinski definition) is 6. The summed E-state index contributed by atoms with van der Waals surface area (Å²) in [7, 11) is -13.8. The molecule has 0 aliphatic rings. The number of rotatable bonds is 10. The molecule has 1 aromatic carbocycles. The van der Waals surface area contributed by atoms with Gasteiger partial charge in [-0.05, 0) is 17.7 Å². The fourth-order valence-corrected chi connectivity index (χ4v) is 2.96. The predicted molar refractivity (Wildman–Crippen MR) is 83.3 cm³/mol. The van der Waals surface area contributed by atoms with E-state index in [0.717, 1.165) is 0 Å². The van der Waals surface area contributed by atoms with Gasteiger partial charge in [-0.3, -0.25) is 8.74 Å². The summed E-state index contributed by atoms with van der Waals surface area (Å²) in [5.74, 6) is -6.95. The lowest BCUT2D eigenvalue weighted by molar-refractivity contribution is -0.248. The van der Waals surface area contributed by atoms with Crippen molar-refractivity contribution in [3.8, 4) is 5.75 Å². The van der Waals surface area contributed by atoms with E-state index in [1.807, 2.05) is 0 Å². The molecule has 0 fully saturated rings. The summed E-state index contributed by atoms with van der Waals surface area (Å²) in [4.78, 5) is 0. The van der Waals surface area contributed by atoms with Gasteiger partial charge in [0.2, 0.25) is 0 Å². The van der Waals surface area contributed by atoms with E-state index in [4.69, 9.17) is 9.29 Å². The van der Waals surface area contributed by atoms with Crippen LogP contribution in [0.15, 0.2) is 30.8 Å². The Labute approximate surface area is 155 Å². The Morgan fingerprint density at radius 2 is 1.43 bits per heavy atom. The van der Waals surface area contributed by atoms with Gasteiger partial charge in [-0.1, -0.05) is 24.8 Å². The topological polar surface area (TPSA) is 107 Å². The van der Waals surface area contributed by atoms with Gasteiger partial charge in [-0.2, -0.15) is 43.2 Å². The number of alkyl halides is 6. The van der Waals surface area contributed by atoms with Gasteiger partial charge >= 0.3 is 36.7 Å². The molecule has 0 aliphatic carbocycles. The van der Waals surface area contributed by atoms with E-state index in [-0.39, 0.29) is 5.75 Å². The van der Waals surface area contributed by atoms with Crippen molar-refractivity contribution in [3.05, 3.63) is 36.4 Å². The molecule has 0 aliphatic heterocycles. The molecule has 0 amide bonds. The van der Waals surface area contributed by atoms with E-state index in [0.29, 0.717) is 5.56 Å². The molecule has 0 radical (unpaired) electrons. The molecule has 1 rings (SSSR count). The van der Waals surface area contributed by atoms with Crippen molar-refractivity contribution < 1.29 is 56.7 Å². The fourth-order valence-electron chi connectivity index (χ4n) is 1.57. The molecule has 1 N–H and O–H groups in total. The first-order chi connectivity index (χ1) is 12.5. The Morgan fingerprint density at radius 1 is 0.929 bits per heavy atom. The Morgan fingerprint density at radius 3 is 1.86 bits per heavy atom. The third kappa shape index (κ3) is 4.42. The zero-order valence-electron chi connectivity index (χ0n) is 13.5. The fraction of sp³-hybridized carbons (Fsp3) is 0.385. The second-order valence-corrected chi connectivity index (χ2v) is 8.10. The average Bonchev–Trinajstić information content (AvgIpc) is 2.57. The quantitative estimate of drug-likeness (QED) is 0.249. The van der Waals surface area contributed by atoms with Crippen molar-refractivity contribution in [2.24, 2.45) is 0 Å². The van der Waals surface area contributed by atoms with Gasteiger partial charge in [-0.15, -0.1) is 0 Å². The first kappa shape index (κ1) is 24.2. The summed E-state index contributed by atoms with van der Waals surface area (Å²) < 4.78 is 139. The Bertz CT molecular complexity index is 911. The van der Waals surface area contributed by atoms with Gasteiger partial charge in [0.25, 0.3) is 0 Å². The highest BCUT2D eigenvalue weighted by atomic mass is 32.2. The van der Waals surface area contributed by atoms with Crippen molar-refractivity contribution in [2.75, 3.05) is 13.2 Å². The first-order valence-corrected chi connectivity index (χ1v) is 9.71. The zero-order chi connectivity index (χ0) is 22.0. The lowest BCUT2D eigenvalue weighted by Gasteiger charge is -2.29. The summed E-state index contributed by atoms with van der Waals surface area (Å²) in [6, 6.07) is 5.74. The van der Waals surface area contributed by atoms with Crippen molar-refractivity contribution in [1.29, 1.82) is 0 Å². The molecule has 0 saturated carbocycles. The highest BCUT2D eigenvalue weighted by molar-refractivity contribution is 7.88. The van der Waals surface area contributed by atoms with Crippen LogP contribution in [0.25, 0.3) is 6.08 Å². The van der Waals surface area contributed by atoms with Crippen LogP contribution in [0.2, 0.25) is 0 Å². The molecule has 160 valence electrons. The smallest absolute Gasteiger partial charge is 0.439 e. The predicted octanol–water partition coefficient (Wildman–Crippen LogP) is 2.76. The lowest BCUT2D eigenvalue weighted by Crippen LogP contribution is -2.60. The third-order valence-electron chi connectivity index (χ3n) is 3.08. The SMILES string of the molecule is C=Cc1ccc(OCCOS(=O)(=O)C(F)(F)C(F)(F)C(F)(F)S(=O)(=O)O)cc1. The van der Waals surface area contributed by atoms with E-state index in [1.165, 1.54) is 30.3 Å². The highest BCUT2D eigenvalue weighted by Crippen LogP contribution is 2.50. The van der Waals surface area contributed by atoms with Crippen LogP contribution in [0.1, 0.15) is 5.56 Å². The number of ether oxygens (including phenoxy) is 1. The summed E-state index contributed by atoms with van der Waals surface area (Å²) in [5.41, 5.74) is 0.674. The Hall–Kier alpha value is -1.84. The molecule has 0 unspecified atom stereocenters. The molecule has 1 aromatic rings. The van der Waals surface area contributed by atoms with Gasteiger partial charge in [0.15, 0.2) is 0 Å². The molecule has 0 bridgehead atoms. The van der Waals surface area contributed by atoms with Crippen LogP contribution < -0.4 is 4.74 Å². The van der Waals surface area contributed by atoms with Gasteiger partial charge in [-0.25, -0.2) is 0 Å². The molecule has 0 aromatic heterocycles. The Kier molecular flexibility index (Phi) is 6.81. The van der Waals surface area contributed by atoms with Crippen LogP contribution in [0.5, 0.6) is 5.75 Å². The van der Waals surface area contributed by atoms with E-state index < -0.39 is 49.9 Å². The zero-order valence-corrected chi connectivity index (χ0v) is 15.1.